The zero-order chi connectivity index (χ0) is 13.8. The smallest absolute Gasteiger partial charge is 0.184 e. The Kier molecular flexibility index (Phi) is 4.41. The molecule has 1 aliphatic rings. The van der Waals surface area contributed by atoms with Crippen LogP contribution in [0.1, 0.15) is 45.4 Å². The van der Waals surface area contributed by atoms with Crippen molar-refractivity contribution in [2.75, 3.05) is 11.9 Å². The lowest BCUT2D eigenvalue weighted by Gasteiger charge is -2.22. The minimum atomic E-state index is 0.601. The van der Waals surface area contributed by atoms with E-state index in [2.05, 4.69) is 24.4 Å². The standard InChI is InChI=1S/C16H22N2OS/c1-2-11-19-13-9-6-10-14-15(13)18-16(20-14)17-12-7-4-3-5-8-12/h6,9-10,12H,2-5,7-8,11H2,1H3,(H,17,18). The molecule has 0 saturated heterocycles. The van der Waals surface area contributed by atoms with Crippen LogP contribution >= 0.6 is 11.3 Å². The minimum Gasteiger partial charge on any atom is -0.491 e. The second-order valence-corrected chi connectivity index (χ2v) is 6.48. The molecule has 0 radical (unpaired) electrons. The third kappa shape index (κ3) is 3.06. The number of anilines is 1. The highest BCUT2D eigenvalue weighted by atomic mass is 32.1. The average molecular weight is 290 g/mol. The number of hydrogen-bond donors (Lipinski definition) is 1. The second kappa shape index (κ2) is 6.44. The van der Waals surface area contributed by atoms with Gasteiger partial charge in [0.25, 0.3) is 0 Å². The Hall–Kier alpha value is -1.29. The van der Waals surface area contributed by atoms with E-state index in [1.807, 2.05) is 6.07 Å². The Morgan fingerprint density at radius 3 is 2.95 bits per heavy atom. The van der Waals surface area contributed by atoms with Crippen LogP contribution in [0.15, 0.2) is 18.2 Å². The molecule has 1 N–H and O–H groups in total. The molecule has 1 aromatic heterocycles. The first-order valence-corrected chi connectivity index (χ1v) is 8.47. The summed E-state index contributed by atoms with van der Waals surface area (Å²) in [6.45, 7) is 2.87. The number of fused-ring (bicyclic) bond motifs is 1. The summed E-state index contributed by atoms with van der Waals surface area (Å²) in [6.07, 6.45) is 7.63. The molecule has 1 heterocycles. The maximum atomic E-state index is 5.79. The SMILES string of the molecule is CCCOc1cccc2sc(NC3CCCCC3)nc12. The van der Waals surface area contributed by atoms with E-state index < -0.39 is 0 Å². The lowest BCUT2D eigenvalue weighted by molar-refractivity contribution is 0.320. The van der Waals surface area contributed by atoms with Crippen molar-refractivity contribution < 1.29 is 4.74 Å². The van der Waals surface area contributed by atoms with Gasteiger partial charge in [-0.15, -0.1) is 0 Å². The molecule has 0 aliphatic heterocycles. The van der Waals surface area contributed by atoms with Crippen molar-refractivity contribution in [2.24, 2.45) is 0 Å². The molecule has 0 unspecified atom stereocenters. The van der Waals surface area contributed by atoms with E-state index in [4.69, 9.17) is 9.72 Å². The van der Waals surface area contributed by atoms with Crippen LogP contribution in [0, 0.1) is 0 Å². The normalized spacial score (nSPS) is 16.4. The first kappa shape index (κ1) is 13.7. The highest BCUT2D eigenvalue weighted by molar-refractivity contribution is 7.22. The molecule has 1 saturated carbocycles. The molecule has 1 fully saturated rings. The quantitative estimate of drug-likeness (QED) is 0.856. The van der Waals surface area contributed by atoms with Crippen molar-refractivity contribution >= 4 is 26.7 Å². The van der Waals surface area contributed by atoms with Gasteiger partial charge >= 0.3 is 0 Å². The molecule has 0 spiro atoms. The van der Waals surface area contributed by atoms with Crippen molar-refractivity contribution in [3.05, 3.63) is 18.2 Å². The first-order chi connectivity index (χ1) is 9.86. The van der Waals surface area contributed by atoms with Gasteiger partial charge in [0.15, 0.2) is 5.13 Å². The molecule has 3 rings (SSSR count). The number of rotatable bonds is 5. The molecule has 2 aromatic rings. The zero-order valence-electron chi connectivity index (χ0n) is 12.0. The average Bonchev–Trinajstić information content (AvgIpc) is 2.89. The summed E-state index contributed by atoms with van der Waals surface area (Å²) >= 11 is 1.74. The van der Waals surface area contributed by atoms with Crippen LogP contribution in [0.4, 0.5) is 5.13 Å². The highest BCUT2D eigenvalue weighted by Crippen LogP contribution is 2.33. The van der Waals surface area contributed by atoms with Gasteiger partial charge in [0.2, 0.25) is 0 Å². The molecular formula is C16H22N2OS. The van der Waals surface area contributed by atoms with E-state index >= 15 is 0 Å². The molecule has 108 valence electrons. The van der Waals surface area contributed by atoms with Gasteiger partial charge in [0.1, 0.15) is 11.3 Å². The maximum Gasteiger partial charge on any atom is 0.184 e. The van der Waals surface area contributed by atoms with E-state index in [1.165, 1.54) is 36.8 Å². The molecule has 0 bridgehead atoms. The van der Waals surface area contributed by atoms with Crippen LogP contribution in [0.2, 0.25) is 0 Å². The fourth-order valence-corrected chi connectivity index (χ4v) is 3.70. The van der Waals surface area contributed by atoms with Crippen LogP contribution in [0.3, 0.4) is 0 Å². The fraction of sp³-hybridized carbons (Fsp3) is 0.562. The number of ether oxygens (including phenoxy) is 1. The van der Waals surface area contributed by atoms with Gasteiger partial charge in [-0.3, -0.25) is 0 Å². The maximum absolute atomic E-state index is 5.79. The van der Waals surface area contributed by atoms with E-state index in [9.17, 15) is 0 Å². The number of thiazole rings is 1. The molecular weight excluding hydrogens is 268 g/mol. The van der Waals surface area contributed by atoms with Crippen LogP contribution in [0.5, 0.6) is 5.75 Å². The molecule has 4 heteroatoms. The summed E-state index contributed by atoms with van der Waals surface area (Å²) in [5.41, 5.74) is 1.00. The third-order valence-corrected chi connectivity index (χ3v) is 4.73. The Balaban J connectivity index is 1.78. The lowest BCUT2D eigenvalue weighted by Crippen LogP contribution is -2.21. The van der Waals surface area contributed by atoms with E-state index in [-0.39, 0.29) is 0 Å². The molecule has 1 aliphatic carbocycles. The number of benzene rings is 1. The molecule has 1 aromatic carbocycles. The van der Waals surface area contributed by atoms with Gasteiger partial charge in [-0.1, -0.05) is 43.6 Å². The fourth-order valence-electron chi connectivity index (χ4n) is 2.74. The van der Waals surface area contributed by atoms with E-state index in [0.29, 0.717) is 6.04 Å². The first-order valence-electron chi connectivity index (χ1n) is 7.65. The predicted molar refractivity (Wildman–Crippen MR) is 85.9 cm³/mol. The predicted octanol–water partition coefficient (Wildman–Crippen LogP) is 4.83. The number of hydrogen-bond acceptors (Lipinski definition) is 4. The second-order valence-electron chi connectivity index (χ2n) is 5.45. The minimum absolute atomic E-state index is 0.601. The number of nitrogens with one attached hydrogen (secondary N) is 1. The molecule has 0 amide bonds. The van der Waals surface area contributed by atoms with Crippen molar-refractivity contribution in [2.45, 2.75) is 51.5 Å². The Morgan fingerprint density at radius 1 is 1.30 bits per heavy atom. The summed E-state index contributed by atoms with van der Waals surface area (Å²) in [7, 11) is 0. The van der Waals surface area contributed by atoms with Crippen molar-refractivity contribution in [3.8, 4) is 5.75 Å². The molecule has 0 atom stereocenters. The van der Waals surface area contributed by atoms with Gasteiger partial charge in [0, 0.05) is 6.04 Å². The largest absolute Gasteiger partial charge is 0.491 e. The van der Waals surface area contributed by atoms with Gasteiger partial charge in [-0.2, -0.15) is 0 Å². The van der Waals surface area contributed by atoms with Gasteiger partial charge in [-0.05, 0) is 31.4 Å². The van der Waals surface area contributed by atoms with Gasteiger partial charge in [0.05, 0.1) is 11.3 Å². The number of para-hydroxylation sites is 1. The zero-order valence-corrected chi connectivity index (χ0v) is 12.8. The third-order valence-electron chi connectivity index (χ3n) is 3.78. The summed E-state index contributed by atoms with van der Waals surface area (Å²) in [6, 6.07) is 6.79. The summed E-state index contributed by atoms with van der Waals surface area (Å²) in [5, 5.41) is 4.65. The topological polar surface area (TPSA) is 34.1 Å². The van der Waals surface area contributed by atoms with E-state index in [0.717, 1.165) is 29.4 Å². The molecule has 3 nitrogen and oxygen atoms in total. The Morgan fingerprint density at radius 2 is 2.15 bits per heavy atom. The van der Waals surface area contributed by atoms with Gasteiger partial charge < -0.3 is 10.1 Å². The van der Waals surface area contributed by atoms with Crippen molar-refractivity contribution in [3.63, 3.8) is 0 Å². The van der Waals surface area contributed by atoms with Crippen molar-refractivity contribution in [1.82, 2.24) is 4.98 Å². The summed E-state index contributed by atoms with van der Waals surface area (Å²) in [5.74, 6) is 0.914. The van der Waals surface area contributed by atoms with E-state index in [1.54, 1.807) is 11.3 Å². The van der Waals surface area contributed by atoms with Crippen LogP contribution in [0.25, 0.3) is 10.2 Å². The summed E-state index contributed by atoms with van der Waals surface area (Å²) in [4.78, 5) is 4.74. The van der Waals surface area contributed by atoms with Crippen LogP contribution < -0.4 is 10.1 Å². The molecule has 20 heavy (non-hydrogen) atoms. The Labute approximate surface area is 124 Å². The lowest BCUT2D eigenvalue weighted by atomic mass is 9.96. The van der Waals surface area contributed by atoms with Crippen LogP contribution in [-0.2, 0) is 0 Å². The number of nitrogens with zero attached hydrogens (tertiary/aromatic N) is 1. The monoisotopic (exact) mass is 290 g/mol. The van der Waals surface area contributed by atoms with Crippen LogP contribution in [-0.4, -0.2) is 17.6 Å². The van der Waals surface area contributed by atoms with Crippen molar-refractivity contribution in [1.29, 1.82) is 0 Å². The Bertz CT molecular complexity index is 561. The summed E-state index contributed by atoms with van der Waals surface area (Å²) < 4.78 is 6.99. The number of aromatic nitrogens is 1. The highest BCUT2D eigenvalue weighted by Gasteiger charge is 2.15. The van der Waals surface area contributed by atoms with Gasteiger partial charge in [-0.25, -0.2) is 4.98 Å².